The molecule has 0 aliphatic heterocycles. The zero-order valence-corrected chi connectivity index (χ0v) is 9.90. The Morgan fingerprint density at radius 2 is 2.12 bits per heavy atom. The smallest absolute Gasteiger partial charge is 0.221 e. The molecular weight excluding hydrogens is 216 g/mol. The molecular formula is C12H16N4O. The highest BCUT2D eigenvalue weighted by Gasteiger charge is 1.99. The summed E-state index contributed by atoms with van der Waals surface area (Å²) in [5.41, 5.74) is 13.1. The summed E-state index contributed by atoms with van der Waals surface area (Å²) in [5.74, 6) is 0.226. The lowest BCUT2D eigenvalue weighted by molar-refractivity contribution is -0.114. The average Bonchev–Trinajstić information content (AvgIpc) is 2.27. The minimum absolute atomic E-state index is 0.128. The van der Waals surface area contributed by atoms with E-state index in [0.29, 0.717) is 22.8 Å². The first kappa shape index (κ1) is 12.8. The zero-order chi connectivity index (χ0) is 12.8. The molecule has 5 heteroatoms. The number of nitrogens with two attached hydrogens (primary N) is 2. The maximum absolute atomic E-state index is 10.9. The standard InChI is InChI=1S/C12H16N4O/c1-8(7-13)12(14)16-11-5-3-4-10(6-11)15-9(2)17/h3-7H,13H2,1-2H3,(H2,14,16)(H,15,17). The summed E-state index contributed by atoms with van der Waals surface area (Å²) in [7, 11) is 0. The quantitative estimate of drug-likeness (QED) is 0.544. The molecule has 0 saturated heterocycles. The lowest BCUT2D eigenvalue weighted by atomic mass is 10.2. The molecule has 0 saturated carbocycles. The Hall–Kier alpha value is -2.30. The van der Waals surface area contributed by atoms with E-state index < -0.39 is 0 Å². The van der Waals surface area contributed by atoms with E-state index in [9.17, 15) is 4.79 Å². The minimum atomic E-state index is -0.128. The van der Waals surface area contributed by atoms with Crippen molar-refractivity contribution in [2.24, 2.45) is 16.5 Å². The van der Waals surface area contributed by atoms with E-state index in [1.807, 2.05) is 0 Å². The van der Waals surface area contributed by atoms with Gasteiger partial charge in [0.2, 0.25) is 5.91 Å². The van der Waals surface area contributed by atoms with E-state index in [0.717, 1.165) is 0 Å². The fraction of sp³-hybridized carbons (Fsp3) is 0.167. The summed E-state index contributed by atoms with van der Waals surface area (Å²) in [6.45, 7) is 3.22. The Bertz CT molecular complexity index is 477. The number of carbonyl (C=O) groups is 1. The Balaban J connectivity index is 2.96. The van der Waals surface area contributed by atoms with Gasteiger partial charge in [-0.1, -0.05) is 6.07 Å². The van der Waals surface area contributed by atoms with Gasteiger partial charge in [0.25, 0.3) is 0 Å². The Labute approximate surface area is 100 Å². The number of carbonyl (C=O) groups excluding carboxylic acids is 1. The number of nitrogens with zero attached hydrogens (tertiary/aromatic N) is 1. The monoisotopic (exact) mass is 232 g/mol. The van der Waals surface area contributed by atoms with Gasteiger partial charge in [-0.15, -0.1) is 0 Å². The predicted molar refractivity (Wildman–Crippen MR) is 70.0 cm³/mol. The van der Waals surface area contributed by atoms with E-state index in [-0.39, 0.29) is 5.91 Å². The second-order valence-electron chi connectivity index (χ2n) is 3.58. The number of benzene rings is 1. The van der Waals surface area contributed by atoms with Crippen molar-refractivity contribution < 1.29 is 4.79 Å². The van der Waals surface area contributed by atoms with Crippen molar-refractivity contribution in [1.82, 2.24) is 0 Å². The molecule has 0 aliphatic carbocycles. The van der Waals surface area contributed by atoms with Gasteiger partial charge < -0.3 is 16.8 Å². The molecule has 1 aromatic rings. The third-order valence-corrected chi connectivity index (χ3v) is 2.07. The molecule has 0 unspecified atom stereocenters. The van der Waals surface area contributed by atoms with Gasteiger partial charge in [-0.2, -0.15) is 0 Å². The van der Waals surface area contributed by atoms with Crippen LogP contribution in [0.4, 0.5) is 11.4 Å². The van der Waals surface area contributed by atoms with Crippen molar-refractivity contribution in [3.8, 4) is 0 Å². The van der Waals surface area contributed by atoms with Gasteiger partial charge in [-0.05, 0) is 25.1 Å². The highest BCUT2D eigenvalue weighted by atomic mass is 16.1. The molecule has 0 heterocycles. The van der Waals surface area contributed by atoms with Crippen molar-refractivity contribution in [3.63, 3.8) is 0 Å². The lowest BCUT2D eigenvalue weighted by Gasteiger charge is -2.04. The summed E-state index contributed by atoms with van der Waals surface area (Å²) in [5, 5.41) is 2.67. The van der Waals surface area contributed by atoms with Crippen molar-refractivity contribution >= 4 is 23.1 Å². The molecule has 1 aromatic carbocycles. The molecule has 0 aliphatic rings. The molecule has 90 valence electrons. The first-order chi connectivity index (χ1) is 8.02. The SMILES string of the molecule is CC(=O)Nc1cccc(N=C(N)C(C)=CN)c1. The van der Waals surface area contributed by atoms with Crippen LogP contribution >= 0.6 is 0 Å². The number of nitrogens with one attached hydrogen (secondary N) is 1. The van der Waals surface area contributed by atoms with Crippen molar-refractivity contribution in [1.29, 1.82) is 0 Å². The maximum atomic E-state index is 10.9. The third-order valence-electron chi connectivity index (χ3n) is 2.07. The third kappa shape index (κ3) is 3.98. The molecule has 0 radical (unpaired) electrons. The van der Waals surface area contributed by atoms with E-state index in [1.54, 1.807) is 31.2 Å². The van der Waals surface area contributed by atoms with Gasteiger partial charge in [0.05, 0.1) is 5.69 Å². The summed E-state index contributed by atoms with van der Waals surface area (Å²) < 4.78 is 0. The van der Waals surface area contributed by atoms with Crippen LogP contribution in [0.3, 0.4) is 0 Å². The summed E-state index contributed by atoms with van der Waals surface area (Å²) in [6.07, 6.45) is 1.40. The highest BCUT2D eigenvalue weighted by molar-refractivity contribution is 5.98. The fourth-order valence-corrected chi connectivity index (χ4v) is 1.17. The molecule has 0 bridgehead atoms. The van der Waals surface area contributed by atoms with Crippen molar-refractivity contribution in [3.05, 3.63) is 36.0 Å². The van der Waals surface area contributed by atoms with Gasteiger partial charge in [-0.3, -0.25) is 4.79 Å². The molecule has 1 rings (SSSR count). The Morgan fingerprint density at radius 3 is 2.71 bits per heavy atom. The maximum Gasteiger partial charge on any atom is 0.221 e. The number of aliphatic imine (C=N–C) groups is 1. The van der Waals surface area contributed by atoms with Crippen molar-refractivity contribution in [2.75, 3.05) is 5.32 Å². The molecule has 17 heavy (non-hydrogen) atoms. The van der Waals surface area contributed by atoms with Crippen molar-refractivity contribution in [2.45, 2.75) is 13.8 Å². The first-order valence-electron chi connectivity index (χ1n) is 5.13. The molecule has 0 fully saturated rings. The van der Waals surface area contributed by atoms with Crippen LogP contribution in [0.15, 0.2) is 41.0 Å². The fourth-order valence-electron chi connectivity index (χ4n) is 1.17. The minimum Gasteiger partial charge on any atom is -0.404 e. The summed E-state index contributed by atoms with van der Waals surface area (Å²) in [6, 6.07) is 7.10. The number of anilines is 1. The molecule has 5 N–H and O–H groups in total. The van der Waals surface area contributed by atoms with E-state index >= 15 is 0 Å². The Morgan fingerprint density at radius 1 is 1.41 bits per heavy atom. The summed E-state index contributed by atoms with van der Waals surface area (Å²) in [4.78, 5) is 15.1. The van der Waals surface area contributed by atoms with Crippen LogP contribution in [0, 0.1) is 0 Å². The van der Waals surface area contributed by atoms with Crippen LogP contribution in [-0.2, 0) is 4.79 Å². The second kappa shape index (κ2) is 5.69. The topological polar surface area (TPSA) is 93.5 Å². The predicted octanol–water partition coefficient (Wildman–Crippen LogP) is 1.50. The number of hydrogen-bond donors (Lipinski definition) is 3. The second-order valence-corrected chi connectivity index (χ2v) is 3.58. The number of amidine groups is 1. The first-order valence-corrected chi connectivity index (χ1v) is 5.13. The highest BCUT2D eigenvalue weighted by Crippen LogP contribution is 2.18. The molecule has 5 nitrogen and oxygen atoms in total. The van der Waals surface area contributed by atoms with Gasteiger partial charge >= 0.3 is 0 Å². The summed E-state index contributed by atoms with van der Waals surface area (Å²) >= 11 is 0. The molecule has 1 amide bonds. The lowest BCUT2D eigenvalue weighted by Crippen LogP contribution is -2.13. The van der Waals surface area contributed by atoms with E-state index in [4.69, 9.17) is 11.5 Å². The van der Waals surface area contributed by atoms with Crippen LogP contribution in [0.5, 0.6) is 0 Å². The largest absolute Gasteiger partial charge is 0.404 e. The molecule has 0 atom stereocenters. The normalized spacial score (nSPS) is 12.4. The van der Waals surface area contributed by atoms with Crippen LogP contribution in [-0.4, -0.2) is 11.7 Å². The van der Waals surface area contributed by atoms with Gasteiger partial charge in [0.1, 0.15) is 5.84 Å². The number of hydrogen-bond acceptors (Lipinski definition) is 3. The van der Waals surface area contributed by atoms with Crippen LogP contribution in [0.1, 0.15) is 13.8 Å². The van der Waals surface area contributed by atoms with Gasteiger partial charge in [0, 0.05) is 24.4 Å². The average molecular weight is 232 g/mol. The molecule has 0 spiro atoms. The van der Waals surface area contributed by atoms with Crippen LogP contribution in [0.2, 0.25) is 0 Å². The molecule has 0 aromatic heterocycles. The van der Waals surface area contributed by atoms with E-state index in [2.05, 4.69) is 10.3 Å². The number of rotatable bonds is 3. The van der Waals surface area contributed by atoms with Gasteiger partial charge in [-0.25, -0.2) is 4.99 Å². The number of amides is 1. The zero-order valence-electron chi connectivity index (χ0n) is 9.90. The van der Waals surface area contributed by atoms with Gasteiger partial charge in [0.15, 0.2) is 0 Å². The van der Waals surface area contributed by atoms with Crippen LogP contribution < -0.4 is 16.8 Å². The van der Waals surface area contributed by atoms with Crippen LogP contribution in [0.25, 0.3) is 0 Å². The van der Waals surface area contributed by atoms with E-state index in [1.165, 1.54) is 13.1 Å². The Kier molecular flexibility index (Phi) is 4.28.